The summed E-state index contributed by atoms with van der Waals surface area (Å²) in [6.45, 7) is 12.9. The van der Waals surface area contributed by atoms with Crippen molar-refractivity contribution in [3.8, 4) is 16.9 Å². The number of pyridine rings is 1. The van der Waals surface area contributed by atoms with E-state index in [1.54, 1.807) is 12.1 Å². The molecule has 2 aromatic carbocycles. The first kappa shape index (κ1) is 33.2. The second-order valence-corrected chi connectivity index (χ2v) is 10.4. The van der Waals surface area contributed by atoms with Crippen LogP contribution < -0.4 is 26.1 Å². The molecule has 3 aromatic rings. The normalized spacial score (nSPS) is 15.3. The molecule has 228 valence electrons. The molecule has 0 saturated heterocycles. The maximum Gasteiger partial charge on any atom is 0.211 e. The predicted molar refractivity (Wildman–Crippen MR) is 176 cm³/mol. The summed E-state index contributed by atoms with van der Waals surface area (Å²) >= 11 is 0. The Morgan fingerprint density at radius 1 is 1.19 bits per heavy atom. The number of anilines is 2. The molecule has 1 unspecified atom stereocenters. The van der Waals surface area contributed by atoms with Crippen molar-refractivity contribution in [1.82, 2.24) is 0 Å². The van der Waals surface area contributed by atoms with Gasteiger partial charge in [-0.1, -0.05) is 31.6 Å². The van der Waals surface area contributed by atoms with E-state index in [4.69, 9.17) is 9.73 Å². The quantitative estimate of drug-likeness (QED) is 0.247. The third-order valence-corrected chi connectivity index (χ3v) is 7.30. The van der Waals surface area contributed by atoms with Gasteiger partial charge in [0.05, 0.1) is 29.3 Å². The Bertz CT molecular complexity index is 1460. The number of rotatable bonds is 7. The summed E-state index contributed by atoms with van der Waals surface area (Å²) in [5.74, 6) is 0.282. The first-order chi connectivity index (χ1) is 20.9. The standard InChI is InChI=1S/C34H39FN4O2.CH5N/c1-6-29-26(30-18-15-24(20-36-30)33-28(35)13-10-14-32(33)41-7-2)12-9-8-11-23(5)38-31-19-25(37-21-40)16-17-27(31)34(39-29)22(3)4;1-2/h10,13-21,26,38H,5-9,11-12H2,1-4H3,(H,37,40);2H2,1H3/p+1. The van der Waals surface area contributed by atoms with Gasteiger partial charge in [0.2, 0.25) is 6.41 Å². The molecule has 8 heteroatoms. The van der Waals surface area contributed by atoms with Gasteiger partial charge in [0.15, 0.2) is 11.9 Å². The number of halogens is 1. The third-order valence-electron chi connectivity index (χ3n) is 7.30. The average Bonchev–Trinajstić information content (AvgIpc) is 3.00. The van der Waals surface area contributed by atoms with Gasteiger partial charge in [-0.3, -0.25) is 9.79 Å². The van der Waals surface area contributed by atoms with E-state index in [0.29, 0.717) is 30.0 Å². The number of carbonyl (C=O) groups is 1. The van der Waals surface area contributed by atoms with E-state index in [-0.39, 0.29) is 11.7 Å². The van der Waals surface area contributed by atoms with Crippen LogP contribution in [0.15, 0.2) is 77.6 Å². The molecule has 1 aliphatic rings. The molecule has 1 aromatic heterocycles. The number of aromatic amines is 1. The number of aliphatic imine (C=N–C) groups is 1. The highest BCUT2D eigenvalue weighted by Crippen LogP contribution is 2.36. The number of fused-ring (bicyclic) bond motifs is 1. The van der Waals surface area contributed by atoms with Gasteiger partial charge in [-0.25, -0.2) is 9.37 Å². The lowest BCUT2D eigenvalue weighted by Crippen LogP contribution is -2.22. The van der Waals surface area contributed by atoms with E-state index in [0.717, 1.165) is 77.3 Å². The monoisotopic (exact) mass is 586 g/mol. The number of benzene rings is 2. The molecule has 43 heavy (non-hydrogen) atoms. The Hall–Kier alpha value is -4.30. The third kappa shape index (κ3) is 8.38. The molecule has 1 amide bonds. The zero-order valence-electron chi connectivity index (χ0n) is 26.0. The van der Waals surface area contributed by atoms with E-state index >= 15 is 0 Å². The Balaban J connectivity index is 0.00000248. The molecule has 0 radical (unpaired) electrons. The molecule has 5 N–H and O–H groups in total. The summed E-state index contributed by atoms with van der Waals surface area (Å²) in [6.07, 6.45) is 7.04. The van der Waals surface area contributed by atoms with Gasteiger partial charge in [0.1, 0.15) is 11.6 Å². The van der Waals surface area contributed by atoms with Crippen molar-refractivity contribution >= 4 is 29.2 Å². The number of hydrogen-bond donors (Lipinski definition) is 3. The lowest BCUT2D eigenvalue weighted by Gasteiger charge is -2.21. The minimum Gasteiger partial charge on any atom is -0.493 e. The molecule has 1 atom stereocenters. The lowest BCUT2D eigenvalue weighted by atomic mass is 9.89. The van der Waals surface area contributed by atoms with Gasteiger partial charge in [0, 0.05) is 34.4 Å². The topological polar surface area (TPSA) is 103 Å². The molecule has 4 rings (SSSR count). The minimum atomic E-state index is -0.314. The van der Waals surface area contributed by atoms with Crippen LogP contribution in [0.3, 0.4) is 0 Å². The van der Waals surface area contributed by atoms with Crippen LogP contribution in [0, 0.1) is 5.82 Å². The van der Waals surface area contributed by atoms with Crippen molar-refractivity contribution in [3.63, 3.8) is 0 Å². The van der Waals surface area contributed by atoms with Crippen molar-refractivity contribution in [2.45, 2.75) is 65.7 Å². The lowest BCUT2D eigenvalue weighted by molar-refractivity contribution is -0.390. The number of hydrogen-bond acceptors (Lipinski definition) is 5. The van der Waals surface area contributed by atoms with Crippen LogP contribution in [-0.2, 0) is 4.79 Å². The molecule has 0 aliphatic carbocycles. The van der Waals surface area contributed by atoms with Crippen LogP contribution in [0.1, 0.15) is 77.0 Å². The molecule has 0 saturated carbocycles. The number of nitrogens with one attached hydrogen (secondary N) is 3. The Morgan fingerprint density at radius 3 is 2.63 bits per heavy atom. The fourth-order valence-corrected chi connectivity index (χ4v) is 5.31. The first-order valence-electron chi connectivity index (χ1n) is 14.9. The van der Waals surface area contributed by atoms with Crippen LogP contribution >= 0.6 is 0 Å². The second-order valence-electron chi connectivity index (χ2n) is 10.4. The van der Waals surface area contributed by atoms with E-state index < -0.39 is 0 Å². The van der Waals surface area contributed by atoms with Crippen LogP contribution in [0.25, 0.3) is 16.8 Å². The molecule has 0 spiro atoms. The molecule has 2 heterocycles. The van der Waals surface area contributed by atoms with Gasteiger partial charge >= 0.3 is 0 Å². The van der Waals surface area contributed by atoms with Crippen molar-refractivity contribution in [1.29, 1.82) is 0 Å². The number of amides is 1. The molecule has 0 fully saturated rings. The van der Waals surface area contributed by atoms with E-state index in [1.807, 2.05) is 43.5 Å². The molecule has 7 nitrogen and oxygen atoms in total. The second kappa shape index (κ2) is 16.4. The predicted octanol–water partition coefficient (Wildman–Crippen LogP) is 7.73. The number of allylic oxidation sites excluding steroid dienone is 2. The number of nitrogens with two attached hydrogens (primary N) is 1. The highest BCUT2D eigenvalue weighted by molar-refractivity contribution is 5.96. The zero-order valence-corrected chi connectivity index (χ0v) is 26.0. The summed E-state index contributed by atoms with van der Waals surface area (Å²) in [5.41, 5.74) is 13.2. The number of carbonyl (C=O) groups excluding carboxylic acids is 1. The van der Waals surface area contributed by atoms with Crippen LogP contribution in [0.5, 0.6) is 5.75 Å². The summed E-state index contributed by atoms with van der Waals surface area (Å²) in [4.78, 5) is 19.9. The maximum atomic E-state index is 14.9. The number of aromatic nitrogens is 1. The van der Waals surface area contributed by atoms with Crippen LogP contribution in [-0.4, -0.2) is 25.8 Å². The summed E-state index contributed by atoms with van der Waals surface area (Å²) in [7, 11) is 1.50. The molecule has 1 aliphatic heterocycles. The molecular weight excluding hydrogens is 541 g/mol. The number of ether oxygens (including phenoxy) is 1. The van der Waals surface area contributed by atoms with Crippen molar-refractivity contribution in [3.05, 3.63) is 89.7 Å². The van der Waals surface area contributed by atoms with Crippen molar-refractivity contribution in [2.75, 3.05) is 24.3 Å². The fraction of sp³-hybridized carbons (Fsp3) is 0.343. The van der Waals surface area contributed by atoms with Crippen molar-refractivity contribution in [2.24, 2.45) is 10.7 Å². The number of H-pyrrole nitrogens is 1. The van der Waals surface area contributed by atoms with Gasteiger partial charge < -0.3 is 21.1 Å². The van der Waals surface area contributed by atoms with Crippen LogP contribution in [0.4, 0.5) is 15.8 Å². The summed E-state index contributed by atoms with van der Waals surface area (Å²) in [6, 6.07) is 14.7. The SMILES string of the molecule is C=C1CCCCC(c2ccc(-c3c(F)cccc3OCC)c[nH+]2)C(CC)=NC(=C(C)C)c2ccc(NC=O)cc2N1.CN. The zero-order chi connectivity index (χ0) is 31.4. The molecule has 0 bridgehead atoms. The van der Waals surface area contributed by atoms with Gasteiger partial charge in [-0.05, 0) is 89.9 Å². The Labute approximate surface area is 255 Å². The average molecular weight is 587 g/mol. The van der Waals surface area contributed by atoms with E-state index in [9.17, 15) is 9.18 Å². The fourth-order valence-electron chi connectivity index (χ4n) is 5.31. The first-order valence-corrected chi connectivity index (χ1v) is 14.9. The smallest absolute Gasteiger partial charge is 0.211 e. The van der Waals surface area contributed by atoms with Gasteiger partial charge in [-0.2, -0.15) is 0 Å². The van der Waals surface area contributed by atoms with Gasteiger partial charge in [0.25, 0.3) is 0 Å². The van der Waals surface area contributed by atoms with Crippen LogP contribution in [0.2, 0.25) is 0 Å². The van der Waals surface area contributed by atoms with E-state index in [1.165, 1.54) is 13.1 Å². The maximum absolute atomic E-state index is 14.9. The summed E-state index contributed by atoms with van der Waals surface area (Å²) < 4.78 is 20.6. The highest BCUT2D eigenvalue weighted by atomic mass is 19.1. The minimum absolute atomic E-state index is 0.0653. The number of nitrogens with zero attached hydrogens (tertiary/aromatic N) is 1. The van der Waals surface area contributed by atoms with Crippen molar-refractivity contribution < 1.29 is 18.9 Å². The largest absolute Gasteiger partial charge is 0.493 e. The highest BCUT2D eigenvalue weighted by Gasteiger charge is 2.25. The van der Waals surface area contributed by atoms with E-state index in [2.05, 4.69) is 48.7 Å². The molecular formula is C35H45FN5O2+. The Kier molecular flexibility index (Phi) is 12.6. The van der Waals surface area contributed by atoms with Gasteiger partial charge in [-0.15, -0.1) is 0 Å². The Morgan fingerprint density at radius 2 is 1.98 bits per heavy atom. The summed E-state index contributed by atoms with van der Waals surface area (Å²) in [5, 5.41) is 6.22.